The van der Waals surface area contributed by atoms with Gasteiger partial charge in [-0.1, -0.05) is 137 Å². The second-order valence-corrected chi connectivity index (χ2v) is 18.2. The molecule has 0 saturated carbocycles. The van der Waals surface area contributed by atoms with E-state index in [1.54, 1.807) is 12.2 Å². The number of aliphatic hydroxyl groups excluding tert-OH is 1. The molecule has 350 valence electrons. The van der Waals surface area contributed by atoms with Gasteiger partial charge < -0.3 is 24.0 Å². The molecule has 2 N–H and O–H groups in total. The van der Waals surface area contributed by atoms with Crippen LogP contribution in [0.2, 0.25) is 0 Å². The summed E-state index contributed by atoms with van der Waals surface area (Å²) in [5.41, 5.74) is 0. The summed E-state index contributed by atoms with van der Waals surface area (Å²) in [6.45, 7) is 3.95. The number of phosphoric ester groups is 1. The monoisotopic (exact) mass is 887 g/mol. The molecule has 0 fully saturated rings. The number of ketones is 1. The maximum atomic E-state index is 12.8. The lowest BCUT2D eigenvalue weighted by atomic mass is 9.90. The number of nitrogens with zero attached hydrogens (tertiary/aromatic N) is 1. The van der Waals surface area contributed by atoms with E-state index >= 15 is 0 Å². The van der Waals surface area contributed by atoms with Crippen molar-refractivity contribution in [1.82, 2.24) is 0 Å². The number of phosphoric acid groups is 1. The Balaban J connectivity index is 2.51. The summed E-state index contributed by atoms with van der Waals surface area (Å²) in [6, 6.07) is 0. The molecule has 62 heavy (non-hydrogen) atoms. The maximum Gasteiger partial charge on any atom is 0.472 e. The first kappa shape index (κ1) is 56.6. The molecule has 1 aliphatic carbocycles. The Morgan fingerprint density at radius 1 is 0.742 bits per heavy atom. The largest absolute Gasteiger partial charge is 0.472 e. The summed E-state index contributed by atoms with van der Waals surface area (Å²) in [5, 5.41) is 10.2. The highest BCUT2D eigenvalue weighted by molar-refractivity contribution is 7.47. The van der Waals surface area contributed by atoms with Gasteiger partial charge in [0.1, 0.15) is 19.8 Å². The molecule has 0 bridgehead atoms. The third-order valence-corrected chi connectivity index (χ3v) is 10.8. The molecular weight excluding hydrogens is 806 g/mol. The first-order chi connectivity index (χ1) is 29.8. The van der Waals surface area contributed by atoms with E-state index in [-0.39, 0.29) is 43.7 Å². The van der Waals surface area contributed by atoms with Crippen molar-refractivity contribution in [3.8, 4) is 0 Å². The molecule has 1 unspecified atom stereocenters. The van der Waals surface area contributed by atoms with Gasteiger partial charge in [0.05, 0.1) is 33.9 Å². The summed E-state index contributed by atoms with van der Waals surface area (Å²) >= 11 is 0. The number of likely N-dealkylation sites (N-methyl/N-ethyl adjacent to an activating group) is 1. The molecule has 0 aromatic carbocycles. The predicted molar refractivity (Wildman–Crippen MR) is 251 cm³/mol. The average Bonchev–Trinajstić information content (AvgIpc) is 3.57. The van der Waals surface area contributed by atoms with Crippen LogP contribution in [0.15, 0.2) is 97.2 Å². The van der Waals surface area contributed by atoms with Gasteiger partial charge in [-0.3, -0.25) is 23.4 Å². The molecule has 0 amide bonds. The van der Waals surface area contributed by atoms with E-state index in [0.29, 0.717) is 43.1 Å². The highest BCUT2D eigenvalue weighted by Gasteiger charge is 2.28. The Bertz CT molecular complexity index is 1520. The maximum absolute atomic E-state index is 12.8. The number of hydrogen-bond acceptors (Lipinski definition) is 9. The molecular formula is C50H81NO10P+. The van der Waals surface area contributed by atoms with Gasteiger partial charge in [-0.2, -0.15) is 0 Å². The molecule has 11 nitrogen and oxygen atoms in total. The highest BCUT2D eigenvalue weighted by atomic mass is 31.2. The van der Waals surface area contributed by atoms with Gasteiger partial charge in [-0.25, -0.2) is 4.57 Å². The fourth-order valence-electron chi connectivity index (χ4n) is 6.10. The molecule has 0 spiro atoms. The van der Waals surface area contributed by atoms with Crippen LogP contribution >= 0.6 is 7.82 Å². The minimum Gasteiger partial charge on any atom is -0.462 e. The minimum atomic E-state index is -4.46. The second kappa shape index (κ2) is 36.0. The number of esters is 2. The van der Waals surface area contributed by atoms with Gasteiger partial charge in [0.2, 0.25) is 0 Å². The summed E-state index contributed by atoms with van der Waals surface area (Å²) < 4.78 is 34.2. The quantitative estimate of drug-likeness (QED) is 0.0203. The van der Waals surface area contributed by atoms with Crippen LogP contribution in [-0.2, 0) is 37.5 Å². The lowest BCUT2D eigenvalue weighted by molar-refractivity contribution is -0.870. The number of allylic oxidation sites excluding steroid dienone is 15. The Morgan fingerprint density at radius 2 is 1.32 bits per heavy atom. The van der Waals surface area contributed by atoms with Crippen molar-refractivity contribution in [2.75, 3.05) is 47.5 Å². The fraction of sp³-hybridized carbons (Fsp3) is 0.620. The summed E-state index contributed by atoms with van der Waals surface area (Å²) in [6.07, 6.45) is 45.3. The van der Waals surface area contributed by atoms with Crippen molar-refractivity contribution in [3.05, 3.63) is 97.2 Å². The van der Waals surface area contributed by atoms with Crippen molar-refractivity contribution in [2.24, 2.45) is 11.8 Å². The Morgan fingerprint density at radius 3 is 1.95 bits per heavy atom. The van der Waals surface area contributed by atoms with Crippen LogP contribution in [0.4, 0.5) is 0 Å². The first-order valence-electron chi connectivity index (χ1n) is 23.0. The van der Waals surface area contributed by atoms with E-state index in [1.165, 1.54) is 25.7 Å². The standard InChI is InChI=1S/C50H80NO10P/c1-6-8-10-11-12-13-14-15-16-17-18-19-20-21-22-23-24-25-30-34-49(54)58-42-46(43-60-62(56,57)59-41-40-51(3,4)5)61-50(55)35-31-27-26-29-32-44-36-39-48(53)47(44)38-37-45(52)33-28-9-7-2/h12-13,15-16,18-19,21-22,24-26,29,36-39,44-47,52H,6-11,14,17,20,23,27-28,30-35,40-43H2,1-5H3/p+1/b13-12-,16-15-,19-18-,22-21-,25-24-,29-26-,38-37+/t44-,45-,46+,47+/m0/s1. The number of unbranched alkanes of at least 4 members (excludes halogenated alkanes) is 6. The third kappa shape index (κ3) is 33.2. The Labute approximate surface area is 374 Å². The lowest BCUT2D eigenvalue weighted by Gasteiger charge is -2.24. The zero-order valence-corrected chi connectivity index (χ0v) is 39.6. The molecule has 0 radical (unpaired) electrons. The van der Waals surface area contributed by atoms with Crippen molar-refractivity contribution < 1.29 is 52.0 Å². The molecule has 1 rings (SSSR count). The fourth-order valence-corrected chi connectivity index (χ4v) is 6.84. The van der Waals surface area contributed by atoms with Gasteiger partial charge in [0, 0.05) is 18.8 Å². The van der Waals surface area contributed by atoms with Gasteiger partial charge in [0.25, 0.3) is 0 Å². The van der Waals surface area contributed by atoms with Crippen LogP contribution in [0.3, 0.4) is 0 Å². The van der Waals surface area contributed by atoms with Crippen LogP contribution in [0.1, 0.15) is 129 Å². The van der Waals surface area contributed by atoms with Crippen LogP contribution in [0.25, 0.3) is 0 Å². The van der Waals surface area contributed by atoms with E-state index in [9.17, 15) is 28.9 Å². The normalized spacial score (nSPS) is 18.2. The molecule has 0 aromatic heterocycles. The van der Waals surface area contributed by atoms with Crippen LogP contribution in [-0.4, -0.2) is 91.9 Å². The molecule has 5 atom stereocenters. The van der Waals surface area contributed by atoms with Gasteiger partial charge in [0.15, 0.2) is 11.9 Å². The summed E-state index contributed by atoms with van der Waals surface area (Å²) in [4.78, 5) is 48.0. The Hall–Kier alpha value is -3.44. The smallest absolute Gasteiger partial charge is 0.462 e. The molecule has 0 heterocycles. The van der Waals surface area contributed by atoms with E-state index < -0.39 is 38.6 Å². The first-order valence-corrected chi connectivity index (χ1v) is 24.5. The topological polar surface area (TPSA) is 146 Å². The SMILES string of the molecule is CCCCC/C=C\C/C=C\C/C=C\C/C=C\C/C=C\CCC(=O)OC[C@H](COP(=O)(O)OCC[N+](C)(C)C)OC(=O)CCC/C=C\C[C@H]1C=CC(=O)[C@@H]1/C=C/[C@@H](O)CCCCC. The number of ether oxygens (including phenoxy) is 2. The molecule has 12 heteroatoms. The van der Waals surface area contributed by atoms with Gasteiger partial charge in [-0.05, 0) is 82.6 Å². The summed E-state index contributed by atoms with van der Waals surface area (Å²) in [7, 11) is 1.30. The third-order valence-electron chi connectivity index (χ3n) is 9.85. The summed E-state index contributed by atoms with van der Waals surface area (Å²) in [5.74, 6) is -1.31. The van der Waals surface area contributed by atoms with Crippen LogP contribution in [0, 0.1) is 11.8 Å². The Kier molecular flexibility index (Phi) is 32.8. The molecule has 0 saturated heterocycles. The number of rotatable bonds is 37. The zero-order valence-electron chi connectivity index (χ0n) is 38.7. The second-order valence-electron chi connectivity index (χ2n) is 16.7. The van der Waals surface area contributed by atoms with Crippen molar-refractivity contribution in [2.45, 2.75) is 142 Å². The zero-order chi connectivity index (χ0) is 45.7. The average molecular weight is 887 g/mol. The lowest BCUT2D eigenvalue weighted by Crippen LogP contribution is -2.37. The number of quaternary nitrogens is 1. The van der Waals surface area contributed by atoms with E-state index in [0.717, 1.165) is 44.9 Å². The van der Waals surface area contributed by atoms with Crippen molar-refractivity contribution in [3.63, 3.8) is 0 Å². The number of carbonyl (C=O) groups excluding carboxylic acids is 3. The van der Waals surface area contributed by atoms with Gasteiger partial charge in [-0.15, -0.1) is 0 Å². The highest BCUT2D eigenvalue weighted by Crippen LogP contribution is 2.43. The van der Waals surface area contributed by atoms with Crippen LogP contribution < -0.4 is 0 Å². The molecule has 0 aromatic rings. The molecule has 1 aliphatic rings. The van der Waals surface area contributed by atoms with E-state index in [4.69, 9.17) is 18.5 Å². The minimum absolute atomic E-state index is 0.0111. The predicted octanol–water partition coefficient (Wildman–Crippen LogP) is 11.0. The number of aliphatic hydroxyl groups is 1. The van der Waals surface area contributed by atoms with Crippen LogP contribution in [0.5, 0.6) is 0 Å². The van der Waals surface area contributed by atoms with Crippen molar-refractivity contribution in [1.29, 1.82) is 0 Å². The van der Waals surface area contributed by atoms with E-state index in [2.05, 4.69) is 62.5 Å². The molecule has 0 aliphatic heterocycles. The van der Waals surface area contributed by atoms with Gasteiger partial charge >= 0.3 is 19.8 Å². The van der Waals surface area contributed by atoms with Crippen molar-refractivity contribution >= 4 is 25.5 Å². The van der Waals surface area contributed by atoms with E-state index in [1.807, 2.05) is 57.6 Å². The number of hydrogen-bond donors (Lipinski definition) is 2. The number of carbonyl (C=O) groups is 3.